The lowest BCUT2D eigenvalue weighted by Gasteiger charge is -2.18. The van der Waals surface area contributed by atoms with Crippen molar-refractivity contribution in [3.05, 3.63) is 0 Å². The Balaban J connectivity index is 3.01. The highest BCUT2D eigenvalue weighted by Crippen LogP contribution is 2.09. The maximum Gasteiger partial charge on any atom is 0.0477 e. The molecule has 0 spiro atoms. The molecule has 0 aromatic carbocycles. The zero-order valence-electron chi connectivity index (χ0n) is 8.94. The summed E-state index contributed by atoms with van der Waals surface area (Å²) in [7, 11) is 0. The summed E-state index contributed by atoms with van der Waals surface area (Å²) in [5.41, 5.74) is 0.394. The van der Waals surface area contributed by atoms with E-state index < -0.39 is 0 Å². The molecule has 12 heavy (non-hydrogen) atoms. The van der Waals surface area contributed by atoms with E-state index in [1.54, 1.807) is 0 Å². The van der Waals surface area contributed by atoms with E-state index in [9.17, 15) is 0 Å². The average molecular weight is 173 g/mol. The van der Waals surface area contributed by atoms with Gasteiger partial charge >= 0.3 is 0 Å². The van der Waals surface area contributed by atoms with Crippen LogP contribution in [0.25, 0.3) is 0 Å². The highest BCUT2D eigenvalue weighted by Gasteiger charge is 2.07. The van der Waals surface area contributed by atoms with Crippen molar-refractivity contribution >= 4 is 0 Å². The highest BCUT2D eigenvalue weighted by molar-refractivity contribution is 4.64. The van der Waals surface area contributed by atoms with Crippen molar-refractivity contribution in [2.24, 2.45) is 5.41 Å². The van der Waals surface area contributed by atoms with Gasteiger partial charge in [-0.2, -0.15) is 0 Å². The molecule has 0 atom stereocenters. The second-order valence-electron chi connectivity index (χ2n) is 4.29. The van der Waals surface area contributed by atoms with Crippen molar-refractivity contribution in [1.82, 2.24) is 5.32 Å². The van der Waals surface area contributed by atoms with Gasteiger partial charge in [0.15, 0.2) is 0 Å². The van der Waals surface area contributed by atoms with Gasteiger partial charge in [-0.1, -0.05) is 20.8 Å². The molecule has 0 bridgehead atoms. The third-order valence-corrected chi connectivity index (χ3v) is 1.50. The second kappa shape index (κ2) is 6.44. The minimum Gasteiger partial charge on any atom is -0.382 e. The smallest absolute Gasteiger partial charge is 0.0477 e. The first-order valence-corrected chi connectivity index (χ1v) is 4.85. The van der Waals surface area contributed by atoms with Crippen LogP contribution in [0.4, 0.5) is 0 Å². The number of nitrogens with one attached hydrogen (secondary N) is 1. The fraction of sp³-hybridized carbons (Fsp3) is 1.00. The SMILES string of the molecule is CCOCCCNCC(C)(C)C. The largest absolute Gasteiger partial charge is 0.382 e. The first-order valence-electron chi connectivity index (χ1n) is 4.85. The van der Waals surface area contributed by atoms with Crippen LogP contribution in [-0.2, 0) is 4.74 Å². The van der Waals surface area contributed by atoms with E-state index in [2.05, 4.69) is 26.1 Å². The zero-order chi connectivity index (χ0) is 9.45. The van der Waals surface area contributed by atoms with Gasteiger partial charge in [-0.3, -0.25) is 0 Å². The summed E-state index contributed by atoms with van der Waals surface area (Å²) < 4.78 is 5.23. The van der Waals surface area contributed by atoms with Crippen molar-refractivity contribution in [2.45, 2.75) is 34.1 Å². The molecule has 2 heteroatoms. The van der Waals surface area contributed by atoms with Gasteiger partial charge in [-0.05, 0) is 31.8 Å². The molecule has 0 amide bonds. The molecule has 0 unspecified atom stereocenters. The summed E-state index contributed by atoms with van der Waals surface area (Å²) in [6, 6.07) is 0. The van der Waals surface area contributed by atoms with Crippen LogP contribution in [0.15, 0.2) is 0 Å². The lowest BCUT2D eigenvalue weighted by Crippen LogP contribution is -2.28. The number of hydrogen-bond acceptors (Lipinski definition) is 2. The van der Waals surface area contributed by atoms with Gasteiger partial charge in [0.1, 0.15) is 0 Å². The topological polar surface area (TPSA) is 21.3 Å². The van der Waals surface area contributed by atoms with E-state index in [1.807, 2.05) is 6.92 Å². The van der Waals surface area contributed by atoms with E-state index in [-0.39, 0.29) is 0 Å². The van der Waals surface area contributed by atoms with Crippen molar-refractivity contribution in [2.75, 3.05) is 26.3 Å². The molecule has 0 fully saturated rings. The van der Waals surface area contributed by atoms with Gasteiger partial charge < -0.3 is 10.1 Å². The van der Waals surface area contributed by atoms with Crippen LogP contribution < -0.4 is 5.32 Å². The number of ether oxygens (including phenoxy) is 1. The molecule has 2 nitrogen and oxygen atoms in total. The van der Waals surface area contributed by atoms with Gasteiger partial charge in [0.05, 0.1) is 0 Å². The molecule has 0 radical (unpaired) electrons. The van der Waals surface area contributed by atoms with Crippen molar-refractivity contribution < 1.29 is 4.74 Å². The van der Waals surface area contributed by atoms with Crippen molar-refractivity contribution in [3.8, 4) is 0 Å². The summed E-state index contributed by atoms with van der Waals surface area (Å²) >= 11 is 0. The summed E-state index contributed by atoms with van der Waals surface area (Å²) in [5, 5.41) is 3.40. The Bertz CT molecular complexity index is 96.5. The molecule has 1 N–H and O–H groups in total. The van der Waals surface area contributed by atoms with Crippen LogP contribution in [0.1, 0.15) is 34.1 Å². The normalized spacial score (nSPS) is 12.0. The Morgan fingerprint density at radius 1 is 1.25 bits per heavy atom. The van der Waals surface area contributed by atoms with E-state index in [0.29, 0.717) is 5.41 Å². The van der Waals surface area contributed by atoms with Crippen LogP contribution in [0, 0.1) is 5.41 Å². The van der Waals surface area contributed by atoms with E-state index in [4.69, 9.17) is 4.74 Å². The minimum atomic E-state index is 0.394. The van der Waals surface area contributed by atoms with E-state index >= 15 is 0 Å². The fourth-order valence-electron chi connectivity index (χ4n) is 0.907. The summed E-state index contributed by atoms with van der Waals surface area (Å²) in [6.07, 6.45) is 1.12. The molecule has 0 saturated carbocycles. The highest BCUT2D eigenvalue weighted by atomic mass is 16.5. The second-order valence-corrected chi connectivity index (χ2v) is 4.29. The van der Waals surface area contributed by atoms with E-state index in [0.717, 1.165) is 32.7 Å². The molecule has 0 aliphatic carbocycles. The molecule has 0 saturated heterocycles. The molecule has 0 aromatic rings. The van der Waals surface area contributed by atoms with Crippen LogP contribution in [-0.4, -0.2) is 26.3 Å². The molecule has 0 aliphatic heterocycles. The average Bonchev–Trinajstić information content (AvgIpc) is 1.94. The Labute approximate surface area is 76.7 Å². The fourth-order valence-corrected chi connectivity index (χ4v) is 0.907. The monoisotopic (exact) mass is 173 g/mol. The van der Waals surface area contributed by atoms with Crippen LogP contribution in [0.5, 0.6) is 0 Å². The van der Waals surface area contributed by atoms with Gasteiger partial charge in [-0.15, -0.1) is 0 Å². The van der Waals surface area contributed by atoms with E-state index in [1.165, 1.54) is 0 Å². The molecular weight excluding hydrogens is 150 g/mol. The first-order chi connectivity index (χ1) is 5.56. The Hall–Kier alpha value is -0.0800. The Morgan fingerprint density at radius 2 is 1.92 bits per heavy atom. The van der Waals surface area contributed by atoms with Crippen LogP contribution in [0.3, 0.4) is 0 Å². The van der Waals surface area contributed by atoms with Gasteiger partial charge in [-0.25, -0.2) is 0 Å². The van der Waals surface area contributed by atoms with Crippen molar-refractivity contribution in [3.63, 3.8) is 0 Å². The van der Waals surface area contributed by atoms with Crippen molar-refractivity contribution in [1.29, 1.82) is 0 Å². The van der Waals surface area contributed by atoms with Gasteiger partial charge in [0.2, 0.25) is 0 Å². The number of rotatable bonds is 6. The summed E-state index contributed by atoms with van der Waals surface area (Å²) in [4.78, 5) is 0. The molecule has 74 valence electrons. The molecule has 0 aliphatic rings. The summed E-state index contributed by atoms with van der Waals surface area (Å²) in [5.74, 6) is 0. The Kier molecular flexibility index (Phi) is 6.39. The Morgan fingerprint density at radius 3 is 2.42 bits per heavy atom. The van der Waals surface area contributed by atoms with Crippen LogP contribution in [0.2, 0.25) is 0 Å². The lowest BCUT2D eigenvalue weighted by molar-refractivity contribution is 0.144. The quantitative estimate of drug-likeness (QED) is 0.621. The van der Waals surface area contributed by atoms with Gasteiger partial charge in [0.25, 0.3) is 0 Å². The predicted molar refractivity (Wildman–Crippen MR) is 53.4 cm³/mol. The maximum atomic E-state index is 5.23. The minimum absolute atomic E-state index is 0.394. The summed E-state index contributed by atoms with van der Waals surface area (Å²) in [6.45, 7) is 12.6. The number of hydrogen-bond donors (Lipinski definition) is 1. The molecule has 0 rings (SSSR count). The first kappa shape index (κ1) is 11.9. The molecule has 0 heterocycles. The maximum absolute atomic E-state index is 5.23. The molecular formula is C10H23NO. The molecule has 0 aromatic heterocycles. The van der Waals surface area contributed by atoms with Crippen LogP contribution >= 0.6 is 0 Å². The zero-order valence-corrected chi connectivity index (χ0v) is 8.94. The predicted octanol–water partition coefficient (Wildman–Crippen LogP) is 2.05. The third-order valence-electron chi connectivity index (χ3n) is 1.50. The van der Waals surface area contributed by atoms with Gasteiger partial charge in [0, 0.05) is 13.2 Å². The standard InChI is InChI=1S/C10H23NO/c1-5-12-8-6-7-11-9-10(2,3)4/h11H,5-9H2,1-4H3. The third kappa shape index (κ3) is 9.92. The lowest BCUT2D eigenvalue weighted by atomic mass is 9.97.